The maximum absolute atomic E-state index is 5.05. The van der Waals surface area contributed by atoms with Crippen LogP contribution in [0.5, 0.6) is 0 Å². The Labute approximate surface area is 44.3 Å². The third-order valence-electron chi connectivity index (χ3n) is 0.341. The van der Waals surface area contributed by atoms with E-state index in [1.54, 1.807) is 6.08 Å². The summed E-state index contributed by atoms with van der Waals surface area (Å²) in [6.07, 6.45) is 1.61. The van der Waals surface area contributed by atoms with Crippen molar-refractivity contribution in [1.82, 2.24) is 0 Å². The molecule has 0 saturated carbocycles. The molecule has 0 aromatic rings. The summed E-state index contributed by atoms with van der Waals surface area (Å²) in [6, 6.07) is 0. The zero-order valence-corrected chi connectivity index (χ0v) is 4.90. The fraction of sp³-hybridized carbons (Fsp3) is 0.333. The van der Waals surface area contributed by atoms with E-state index in [9.17, 15) is 0 Å². The van der Waals surface area contributed by atoms with Crippen LogP contribution in [0.3, 0.4) is 0 Å². The smallest absolute Gasteiger partial charge is 0.176 e. The molecule has 7 heavy (non-hydrogen) atoms. The second kappa shape index (κ2) is 4.22. The summed E-state index contributed by atoms with van der Waals surface area (Å²) < 4.78 is 4.69. The molecule has 0 heterocycles. The van der Waals surface area contributed by atoms with Crippen molar-refractivity contribution in [1.29, 1.82) is 0 Å². The van der Waals surface area contributed by atoms with Crippen LogP contribution in [-0.2, 0) is 4.52 Å². The van der Waals surface area contributed by atoms with E-state index in [2.05, 4.69) is 6.58 Å². The van der Waals surface area contributed by atoms with Crippen LogP contribution in [-0.4, -0.2) is 6.61 Å². The van der Waals surface area contributed by atoms with Crippen LogP contribution in [0, 0.1) is 0 Å². The lowest BCUT2D eigenvalue weighted by atomic mass is 10.7. The van der Waals surface area contributed by atoms with E-state index in [1.807, 2.05) is 0 Å². The van der Waals surface area contributed by atoms with E-state index in [0.29, 0.717) is 6.61 Å². The van der Waals surface area contributed by atoms with Crippen molar-refractivity contribution in [3.8, 4) is 0 Å². The van der Waals surface area contributed by atoms with E-state index >= 15 is 0 Å². The Balaban J connectivity index is 2.81. The minimum atomic E-state index is -1.18. The first-order valence-corrected chi connectivity index (χ1v) is 3.20. The van der Waals surface area contributed by atoms with Crippen LogP contribution in [0.4, 0.5) is 0 Å². The summed E-state index contributed by atoms with van der Waals surface area (Å²) in [4.78, 5) is 0. The lowest BCUT2D eigenvalue weighted by Gasteiger charge is -2.00. The largest absolute Gasteiger partial charge is 0.328 e. The summed E-state index contributed by atoms with van der Waals surface area (Å²) in [5, 5.41) is 0. The van der Waals surface area contributed by atoms with Crippen LogP contribution in [0.1, 0.15) is 0 Å². The van der Waals surface area contributed by atoms with E-state index in [4.69, 9.17) is 15.5 Å². The van der Waals surface area contributed by atoms with Gasteiger partial charge in [0, 0.05) is 0 Å². The molecule has 4 heteroatoms. The third kappa shape index (κ3) is 6.05. The molecule has 0 aromatic heterocycles. The maximum atomic E-state index is 5.05. The predicted molar refractivity (Wildman–Crippen MR) is 31.4 cm³/mol. The molecule has 3 nitrogen and oxygen atoms in total. The van der Waals surface area contributed by atoms with Gasteiger partial charge in [0.25, 0.3) is 0 Å². The fourth-order valence-corrected chi connectivity index (χ4v) is 0.416. The van der Waals surface area contributed by atoms with Crippen molar-refractivity contribution in [2.45, 2.75) is 0 Å². The Morgan fingerprint density at radius 1 is 1.71 bits per heavy atom. The molecule has 0 aliphatic carbocycles. The molecule has 0 bridgehead atoms. The lowest BCUT2D eigenvalue weighted by molar-refractivity contribution is 0.404. The highest BCUT2D eigenvalue weighted by Crippen LogP contribution is 2.12. The van der Waals surface area contributed by atoms with Crippen molar-refractivity contribution < 1.29 is 4.52 Å². The standard InChI is InChI=1S/C3H9N2OP/c1-2-3-6-7(4)5/h2H,1,3-5H2. The Morgan fingerprint density at radius 2 is 2.29 bits per heavy atom. The summed E-state index contributed by atoms with van der Waals surface area (Å²) in [7, 11) is -1.18. The SMILES string of the molecule is C=CCOP(N)N. The zero-order chi connectivity index (χ0) is 5.70. The second-order valence-electron chi connectivity index (χ2n) is 0.944. The van der Waals surface area contributed by atoms with Gasteiger partial charge in [-0.1, -0.05) is 6.08 Å². The van der Waals surface area contributed by atoms with E-state index in [-0.39, 0.29) is 0 Å². The highest BCUT2D eigenvalue weighted by Gasteiger charge is 1.86. The molecule has 0 unspecified atom stereocenters. The van der Waals surface area contributed by atoms with Crippen LogP contribution in [0.25, 0.3) is 0 Å². The molecule has 0 aliphatic rings. The monoisotopic (exact) mass is 120 g/mol. The number of rotatable bonds is 3. The normalized spacial score (nSPS) is 9.57. The second-order valence-corrected chi connectivity index (χ2v) is 1.92. The summed E-state index contributed by atoms with van der Waals surface area (Å²) in [5.41, 5.74) is 10.1. The first kappa shape index (κ1) is 7.05. The Bertz CT molecular complexity index is 56.9. The number of hydrogen-bond acceptors (Lipinski definition) is 3. The Morgan fingerprint density at radius 3 is 2.43 bits per heavy atom. The zero-order valence-electron chi connectivity index (χ0n) is 4.00. The summed E-state index contributed by atoms with van der Waals surface area (Å²) >= 11 is 0. The van der Waals surface area contributed by atoms with Gasteiger partial charge in [0.1, 0.15) is 0 Å². The molecule has 0 radical (unpaired) electrons. The van der Waals surface area contributed by atoms with Gasteiger partial charge in [-0.2, -0.15) is 0 Å². The van der Waals surface area contributed by atoms with Crippen molar-refractivity contribution in [2.24, 2.45) is 11.0 Å². The molecule has 42 valence electrons. The van der Waals surface area contributed by atoms with Gasteiger partial charge in [0.2, 0.25) is 0 Å². The highest BCUT2D eigenvalue weighted by atomic mass is 31.2. The quantitative estimate of drug-likeness (QED) is 0.417. The molecule has 0 saturated heterocycles. The van der Waals surface area contributed by atoms with Crippen LogP contribution < -0.4 is 11.0 Å². The van der Waals surface area contributed by atoms with Crippen molar-refractivity contribution >= 4 is 8.45 Å². The third-order valence-corrected chi connectivity index (χ3v) is 0.789. The molecule has 0 aromatic carbocycles. The molecule has 0 atom stereocenters. The van der Waals surface area contributed by atoms with Crippen LogP contribution in [0.15, 0.2) is 12.7 Å². The van der Waals surface area contributed by atoms with E-state index in [0.717, 1.165) is 0 Å². The van der Waals surface area contributed by atoms with Gasteiger partial charge in [0.05, 0.1) is 6.61 Å². The van der Waals surface area contributed by atoms with Gasteiger partial charge in [-0.25, -0.2) is 0 Å². The van der Waals surface area contributed by atoms with Gasteiger partial charge in [-0.05, 0) is 0 Å². The fourth-order valence-electron chi connectivity index (χ4n) is 0.139. The molecule has 4 N–H and O–H groups in total. The van der Waals surface area contributed by atoms with Gasteiger partial charge < -0.3 is 4.52 Å². The minimum Gasteiger partial charge on any atom is -0.328 e. The first-order valence-electron chi connectivity index (χ1n) is 1.80. The van der Waals surface area contributed by atoms with Crippen LogP contribution in [0.2, 0.25) is 0 Å². The number of nitrogens with two attached hydrogens (primary N) is 2. The van der Waals surface area contributed by atoms with E-state index < -0.39 is 8.45 Å². The van der Waals surface area contributed by atoms with Gasteiger partial charge >= 0.3 is 0 Å². The molecule has 0 rings (SSSR count). The Kier molecular flexibility index (Phi) is 4.25. The maximum Gasteiger partial charge on any atom is 0.176 e. The van der Waals surface area contributed by atoms with Crippen LogP contribution >= 0.6 is 8.45 Å². The van der Waals surface area contributed by atoms with Crippen molar-refractivity contribution in [3.05, 3.63) is 12.7 Å². The average molecular weight is 120 g/mol. The predicted octanol–water partition coefficient (Wildman–Crippen LogP) is 0.333. The van der Waals surface area contributed by atoms with Gasteiger partial charge in [-0.15, -0.1) is 6.58 Å². The molecular formula is C3H9N2OP. The molecular weight excluding hydrogens is 111 g/mol. The average Bonchev–Trinajstić information content (AvgIpc) is 1.61. The molecule has 0 fully saturated rings. The topological polar surface area (TPSA) is 61.3 Å². The lowest BCUT2D eigenvalue weighted by Crippen LogP contribution is -2.01. The van der Waals surface area contributed by atoms with E-state index in [1.165, 1.54) is 0 Å². The molecule has 0 amide bonds. The molecule has 0 spiro atoms. The summed E-state index contributed by atoms with van der Waals surface area (Å²) in [6.45, 7) is 3.85. The van der Waals surface area contributed by atoms with Crippen molar-refractivity contribution in [3.63, 3.8) is 0 Å². The minimum absolute atomic E-state index is 0.443. The van der Waals surface area contributed by atoms with Crippen molar-refractivity contribution in [2.75, 3.05) is 6.61 Å². The Hall–Kier alpha value is 0.0500. The summed E-state index contributed by atoms with van der Waals surface area (Å²) in [5.74, 6) is 0. The molecule has 0 aliphatic heterocycles. The van der Waals surface area contributed by atoms with Gasteiger partial charge in [-0.3, -0.25) is 11.0 Å². The highest BCUT2D eigenvalue weighted by molar-refractivity contribution is 7.47. The van der Waals surface area contributed by atoms with Gasteiger partial charge in [0.15, 0.2) is 8.45 Å². The number of hydrogen-bond donors (Lipinski definition) is 2. The first-order chi connectivity index (χ1) is 3.27.